The van der Waals surface area contributed by atoms with Crippen molar-refractivity contribution in [3.05, 3.63) is 12.2 Å². The number of aliphatic hydroxyl groups excluding tert-OH is 1. The molecule has 3 aliphatic rings. The lowest BCUT2D eigenvalue weighted by Crippen LogP contribution is -2.41. The standard InChI is InChI=1S/C12H19NO3S/c14-12-7-17(15,16)6-11(12)13-5-10-4-8-1-2-9(10)3-8/h1-2,8-14H,3-7H2/t8-,9+,10+,11+,12-/m0/s1. The quantitative estimate of drug-likeness (QED) is 0.696. The molecule has 0 aromatic rings. The van der Waals surface area contributed by atoms with Crippen LogP contribution in [0.25, 0.3) is 0 Å². The van der Waals surface area contributed by atoms with Gasteiger partial charge in [-0.3, -0.25) is 0 Å². The number of aliphatic hydroxyl groups is 1. The summed E-state index contributed by atoms with van der Waals surface area (Å²) in [5.74, 6) is 2.04. The molecule has 0 unspecified atom stereocenters. The van der Waals surface area contributed by atoms with Gasteiger partial charge in [0.15, 0.2) is 9.84 Å². The molecule has 0 aromatic carbocycles. The molecular formula is C12H19NO3S. The Morgan fingerprint density at radius 1 is 1.24 bits per heavy atom. The summed E-state index contributed by atoms with van der Waals surface area (Å²) in [5, 5.41) is 12.9. The molecule has 3 rings (SSSR count). The fraction of sp³-hybridized carbons (Fsp3) is 0.833. The second kappa shape index (κ2) is 4.07. The smallest absolute Gasteiger partial charge is 0.154 e. The van der Waals surface area contributed by atoms with Crippen molar-refractivity contribution in [2.75, 3.05) is 18.1 Å². The van der Waals surface area contributed by atoms with Crippen molar-refractivity contribution < 1.29 is 13.5 Å². The summed E-state index contributed by atoms with van der Waals surface area (Å²) in [4.78, 5) is 0. The van der Waals surface area contributed by atoms with E-state index in [0.717, 1.165) is 12.5 Å². The van der Waals surface area contributed by atoms with Crippen molar-refractivity contribution in [1.29, 1.82) is 0 Å². The lowest BCUT2D eigenvalue weighted by Gasteiger charge is -2.22. The van der Waals surface area contributed by atoms with Gasteiger partial charge in [0.1, 0.15) is 0 Å². The average molecular weight is 257 g/mol. The maximum absolute atomic E-state index is 11.4. The zero-order chi connectivity index (χ0) is 12.0. The zero-order valence-electron chi connectivity index (χ0n) is 9.75. The number of fused-ring (bicyclic) bond motifs is 2. The lowest BCUT2D eigenvalue weighted by atomic mass is 9.93. The molecule has 0 spiro atoms. The van der Waals surface area contributed by atoms with Gasteiger partial charge in [-0.1, -0.05) is 12.2 Å². The first-order chi connectivity index (χ1) is 8.03. The highest BCUT2D eigenvalue weighted by Crippen LogP contribution is 2.43. The van der Waals surface area contributed by atoms with Crippen LogP contribution in [0, 0.1) is 17.8 Å². The predicted molar refractivity (Wildman–Crippen MR) is 65.3 cm³/mol. The van der Waals surface area contributed by atoms with E-state index in [1.54, 1.807) is 0 Å². The summed E-state index contributed by atoms with van der Waals surface area (Å²) in [5.41, 5.74) is 0. The molecule has 1 saturated carbocycles. The van der Waals surface area contributed by atoms with Crippen molar-refractivity contribution in [2.45, 2.75) is 25.0 Å². The van der Waals surface area contributed by atoms with E-state index >= 15 is 0 Å². The number of hydrogen-bond acceptors (Lipinski definition) is 4. The van der Waals surface area contributed by atoms with Crippen LogP contribution in [0.15, 0.2) is 12.2 Å². The van der Waals surface area contributed by atoms with Gasteiger partial charge in [-0.25, -0.2) is 8.42 Å². The first-order valence-corrected chi connectivity index (χ1v) is 8.16. The Hall–Kier alpha value is -0.390. The van der Waals surface area contributed by atoms with Crippen molar-refractivity contribution >= 4 is 9.84 Å². The van der Waals surface area contributed by atoms with E-state index in [1.807, 2.05) is 0 Å². The fourth-order valence-electron chi connectivity index (χ4n) is 3.46. The van der Waals surface area contributed by atoms with Gasteiger partial charge in [0, 0.05) is 6.04 Å². The van der Waals surface area contributed by atoms with Crippen LogP contribution in [0.4, 0.5) is 0 Å². The van der Waals surface area contributed by atoms with Crippen molar-refractivity contribution in [3.63, 3.8) is 0 Å². The van der Waals surface area contributed by atoms with Gasteiger partial charge in [0.05, 0.1) is 17.6 Å². The van der Waals surface area contributed by atoms with Gasteiger partial charge < -0.3 is 10.4 Å². The third-order valence-corrected chi connectivity index (χ3v) is 6.10. The first kappa shape index (κ1) is 11.7. The van der Waals surface area contributed by atoms with Crippen molar-refractivity contribution in [2.24, 2.45) is 17.8 Å². The molecule has 1 saturated heterocycles. The Balaban J connectivity index is 1.54. The van der Waals surface area contributed by atoms with Gasteiger partial charge in [-0.15, -0.1) is 0 Å². The Morgan fingerprint density at radius 3 is 2.59 bits per heavy atom. The molecule has 2 fully saturated rings. The summed E-state index contributed by atoms with van der Waals surface area (Å²) in [7, 11) is -3.03. The Labute approximate surface area is 102 Å². The summed E-state index contributed by atoms with van der Waals surface area (Å²) in [6.45, 7) is 0.836. The molecule has 1 aliphatic heterocycles. The maximum Gasteiger partial charge on any atom is 0.154 e. The van der Waals surface area contributed by atoms with E-state index in [-0.39, 0.29) is 17.5 Å². The molecule has 2 aliphatic carbocycles. The molecule has 5 atom stereocenters. The third-order valence-electron chi connectivity index (χ3n) is 4.38. The molecule has 5 heteroatoms. The van der Waals surface area contributed by atoms with Gasteiger partial charge >= 0.3 is 0 Å². The number of nitrogens with one attached hydrogen (secondary N) is 1. The second-order valence-corrected chi connectivity index (χ2v) is 7.85. The van der Waals surface area contributed by atoms with Crippen LogP contribution in [-0.4, -0.2) is 43.7 Å². The fourth-order valence-corrected chi connectivity index (χ4v) is 5.23. The van der Waals surface area contributed by atoms with Gasteiger partial charge in [-0.2, -0.15) is 0 Å². The van der Waals surface area contributed by atoms with E-state index in [9.17, 15) is 13.5 Å². The third kappa shape index (κ3) is 2.28. The summed E-state index contributed by atoms with van der Waals surface area (Å²) >= 11 is 0. The average Bonchev–Trinajstić information content (AvgIpc) is 2.89. The van der Waals surface area contributed by atoms with Gasteiger partial charge in [0.25, 0.3) is 0 Å². The van der Waals surface area contributed by atoms with E-state index in [4.69, 9.17) is 0 Å². The Kier molecular flexibility index (Phi) is 2.80. The molecule has 0 radical (unpaired) electrons. The minimum absolute atomic E-state index is 0.0821. The molecule has 2 bridgehead atoms. The number of allylic oxidation sites excluding steroid dienone is 2. The Bertz CT molecular complexity index is 431. The molecule has 4 nitrogen and oxygen atoms in total. The summed E-state index contributed by atoms with van der Waals surface area (Å²) < 4.78 is 22.7. The second-order valence-electron chi connectivity index (χ2n) is 5.70. The highest BCUT2D eigenvalue weighted by molar-refractivity contribution is 7.91. The molecular weight excluding hydrogens is 238 g/mol. The topological polar surface area (TPSA) is 66.4 Å². The van der Waals surface area contributed by atoms with Gasteiger partial charge in [0.2, 0.25) is 0 Å². The highest BCUT2D eigenvalue weighted by atomic mass is 32.2. The molecule has 17 heavy (non-hydrogen) atoms. The Morgan fingerprint density at radius 2 is 2.06 bits per heavy atom. The molecule has 96 valence electrons. The lowest BCUT2D eigenvalue weighted by molar-refractivity contribution is 0.162. The predicted octanol–water partition coefficient (Wildman–Crippen LogP) is -0.0539. The molecule has 1 heterocycles. The minimum atomic E-state index is -3.03. The van der Waals surface area contributed by atoms with Crippen LogP contribution in [-0.2, 0) is 9.84 Å². The summed E-state index contributed by atoms with van der Waals surface area (Å²) in [6, 6.07) is -0.261. The SMILES string of the molecule is O=S1(=O)C[C@H](O)[C@H](NC[C@H]2C[C@H]3C=C[C@@H]2C3)C1. The molecule has 2 N–H and O–H groups in total. The maximum atomic E-state index is 11.4. The van der Waals surface area contributed by atoms with Crippen LogP contribution < -0.4 is 5.32 Å². The number of hydrogen-bond donors (Lipinski definition) is 2. The van der Waals surface area contributed by atoms with E-state index < -0.39 is 15.9 Å². The van der Waals surface area contributed by atoms with Gasteiger partial charge in [-0.05, 0) is 37.1 Å². The van der Waals surface area contributed by atoms with Crippen molar-refractivity contribution in [3.8, 4) is 0 Å². The normalized spacial score (nSPS) is 46.8. The number of sulfone groups is 1. The van der Waals surface area contributed by atoms with Crippen LogP contribution in [0.3, 0.4) is 0 Å². The minimum Gasteiger partial charge on any atom is -0.390 e. The van der Waals surface area contributed by atoms with Crippen LogP contribution >= 0.6 is 0 Å². The molecule has 0 aromatic heterocycles. The monoisotopic (exact) mass is 257 g/mol. The highest BCUT2D eigenvalue weighted by Gasteiger charge is 2.39. The van der Waals surface area contributed by atoms with Crippen LogP contribution in [0.2, 0.25) is 0 Å². The van der Waals surface area contributed by atoms with Crippen LogP contribution in [0.5, 0.6) is 0 Å². The van der Waals surface area contributed by atoms with E-state index in [2.05, 4.69) is 17.5 Å². The number of rotatable bonds is 3. The zero-order valence-corrected chi connectivity index (χ0v) is 10.6. The largest absolute Gasteiger partial charge is 0.390 e. The summed E-state index contributed by atoms with van der Waals surface area (Å²) in [6.07, 6.45) is 6.34. The van der Waals surface area contributed by atoms with E-state index in [0.29, 0.717) is 11.8 Å². The first-order valence-electron chi connectivity index (χ1n) is 6.34. The van der Waals surface area contributed by atoms with Crippen LogP contribution in [0.1, 0.15) is 12.8 Å². The van der Waals surface area contributed by atoms with Crippen molar-refractivity contribution in [1.82, 2.24) is 5.32 Å². The van der Waals surface area contributed by atoms with E-state index in [1.165, 1.54) is 12.8 Å². The molecule has 0 amide bonds.